The van der Waals surface area contributed by atoms with Gasteiger partial charge in [-0.25, -0.2) is 8.42 Å². The molecule has 0 radical (unpaired) electrons. The Morgan fingerprint density at radius 1 is 1.47 bits per heavy atom. The van der Waals surface area contributed by atoms with Crippen molar-refractivity contribution in [1.82, 2.24) is 0 Å². The Morgan fingerprint density at radius 3 is 2.47 bits per heavy atom. The van der Waals surface area contributed by atoms with Crippen LogP contribution >= 0.6 is 22.6 Å². The summed E-state index contributed by atoms with van der Waals surface area (Å²) in [4.78, 5) is 11.3. The predicted octanol–water partition coefficient (Wildman–Crippen LogP) is 1.19. The average molecular weight is 369 g/mol. The van der Waals surface area contributed by atoms with Crippen molar-refractivity contribution in [2.45, 2.75) is 11.8 Å². The highest BCUT2D eigenvalue weighted by Crippen LogP contribution is 2.28. The van der Waals surface area contributed by atoms with E-state index in [0.29, 0.717) is 3.57 Å². The first-order valence-electron chi connectivity index (χ1n) is 4.73. The standard InChI is InChI=1S/C10H12INO4S/c1-3-17(14,15)9-4-6(10(12)13)8(16-2)5-7(9)11/h4-5H,3H2,1-2H3,(H2,12,13). The van der Waals surface area contributed by atoms with Gasteiger partial charge in [-0.1, -0.05) is 6.92 Å². The van der Waals surface area contributed by atoms with Crippen LogP contribution in [0.2, 0.25) is 0 Å². The maximum absolute atomic E-state index is 11.8. The normalized spacial score (nSPS) is 11.2. The van der Waals surface area contributed by atoms with Gasteiger partial charge in [0.1, 0.15) is 5.75 Å². The van der Waals surface area contributed by atoms with Gasteiger partial charge in [0.25, 0.3) is 5.91 Å². The van der Waals surface area contributed by atoms with E-state index >= 15 is 0 Å². The van der Waals surface area contributed by atoms with E-state index in [4.69, 9.17) is 10.5 Å². The number of hydrogen-bond acceptors (Lipinski definition) is 4. The maximum Gasteiger partial charge on any atom is 0.252 e. The summed E-state index contributed by atoms with van der Waals surface area (Å²) in [6.45, 7) is 1.54. The second-order valence-corrected chi connectivity index (χ2v) is 6.66. The van der Waals surface area contributed by atoms with Gasteiger partial charge in [-0.05, 0) is 34.7 Å². The van der Waals surface area contributed by atoms with Crippen LogP contribution in [0.4, 0.5) is 0 Å². The minimum Gasteiger partial charge on any atom is -0.496 e. The Labute approximate surface area is 113 Å². The summed E-state index contributed by atoms with van der Waals surface area (Å²) in [5.74, 6) is -0.476. The highest BCUT2D eigenvalue weighted by Gasteiger charge is 2.20. The second-order valence-electron chi connectivity index (χ2n) is 3.25. The number of ether oxygens (including phenoxy) is 1. The van der Waals surface area contributed by atoms with Gasteiger partial charge < -0.3 is 10.5 Å². The molecule has 17 heavy (non-hydrogen) atoms. The Kier molecular flexibility index (Phi) is 4.36. The number of benzene rings is 1. The molecule has 94 valence electrons. The van der Waals surface area contributed by atoms with Crippen LogP contribution in [0, 0.1) is 3.57 Å². The van der Waals surface area contributed by atoms with Gasteiger partial charge in [-0.3, -0.25) is 4.79 Å². The van der Waals surface area contributed by atoms with Crippen LogP contribution < -0.4 is 10.5 Å². The van der Waals surface area contributed by atoms with Crippen molar-refractivity contribution >= 4 is 38.3 Å². The molecule has 0 aliphatic rings. The van der Waals surface area contributed by atoms with Crippen molar-refractivity contribution in [3.63, 3.8) is 0 Å². The Hall–Kier alpha value is -0.830. The number of rotatable bonds is 4. The SMILES string of the molecule is CCS(=O)(=O)c1cc(C(N)=O)c(OC)cc1I. The quantitative estimate of drug-likeness (QED) is 0.808. The fraction of sp³-hybridized carbons (Fsp3) is 0.300. The summed E-state index contributed by atoms with van der Waals surface area (Å²) in [6.07, 6.45) is 0. The summed E-state index contributed by atoms with van der Waals surface area (Å²) >= 11 is 1.89. The van der Waals surface area contributed by atoms with Crippen molar-refractivity contribution in [2.24, 2.45) is 5.73 Å². The molecule has 0 bridgehead atoms. The first kappa shape index (κ1) is 14.2. The van der Waals surface area contributed by atoms with Crippen LogP contribution in [-0.4, -0.2) is 27.2 Å². The highest BCUT2D eigenvalue weighted by atomic mass is 127. The van der Waals surface area contributed by atoms with Gasteiger partial charge in [-0.2, -0.15) is 0 Å². The number of sulfone groups is 1. The zero-order valence-electron chi connectivity index (χ0n) is 9.36. The zero-order chi connectivity index (χ0) is 13.2. The molecule has 0 aliphatic carbocycles. The summed E-state index contributed by atoms with van der Waals surface area (Å²) in [6, 6.07) is 2.75. The molecule has 0 aliphatic heterocycles. The molecule has 0 fully saturated rings. The van der Waals surface area contributed by atoms with Gasteiger partial charge in [0.15, 0.2) is 9.84 Å². The first-order chi connectivity index (χ1) is 7.83. The van der Waals surface area contributed by atoms with E-state index in [1.54, 1.807) is 6.92 Å². The highest BCUT2D eigenvalue weighted by molar-refractivity contribution is 14.1. The summed E-state index contributed by atoms with van der Waals surface area (Å²) in [5, 5.41) is 0. The fourth-order valence-corrected chi connectivity index (χ4v) is 3.70. The van der Waals surface area contributed by atoms with Crippen LogP contribution in [0.1, 0.15) is 17.3 Å². The molecule has 0 unspecified atom stereocenters. The van der Waals surface area contributed by atoms with Crippen LogP contribution in [0.3, 0.4) is 0 Å². The minimum atomic E-state index is -3.38. The summed E-state index contributed by atoms with van der Waals surface area (Å²) in [7, 11) is -1.99. The van der Waals surface area contributed by atoms with E-state index in [-0.39, 0.29) is 22.0 Å². The molecule has 0 saturated carbocycles. The summed E-state index contributed by atoms with van der Waals surface area (Å²) in [5.41, 5.74) is 5.25. The van der Waals surface area contributed by atoms with Crippen molar-refractivity contribution in [3.8, 4) is 5.75 Å². The number of primary amides is 1. The Bertz CT molecular complexity index is 554. The van der Waals surface area contributed by atoms with E-state index in [1.807, 2.05) is 22.6 Å². The third-order valence-corrected chi connectivity index (χ3v) is 5.26. The van der Waals surface area contributed by atoms with Crippen LogP contribution in [0.25, 0.3) is 0 Å². The largest absolute Gasteiger partial charge is 0.496 e. The lowest BCUT2D eigenvalue weighted by atomic mass is 10.2. The van der Waals surface area contributed by atoms with E-state index in [9.17, 15) is 13.2 Å². The predicted molar refractivity (Wildman–Crippen MR) is 72.0 cm³/mol. The molecule has 0 saturated heterocycles. The average Bonchev–Trinajstić information content (AvgIpc) is 2.27. The summed E-state index contributed by atoms with van der Waals surface area (Å²) < 4.78 is 29.1. The Morgan fingerprint density at radius 2 is 2.06 bits per heavy atom. The number of carbonyl (C=O) groups is 1. The third-order valence-electron chi connectivity index (χ3n) is 2.23. The zero-order valence-corrected chi connectivity index (χ0v) is 12.3. The monoisotopic (exact) mass is 369 g/mol. The molecule has 0 spiro atoms. The molecule has 5 nitrogen and oxygen atoms in total. The molecule has 1 aromatic carbocycles. The van der Waals surface area contributed by atoms with Crippen LogP contribution in [0.15, 0.2) is 17.0 Å². The minimum absolute atomic E-state index is 0.0342. The lowest BCUT2D eigenvalue weighted by molar-refractivity contribution is 0.0997. The molecule has 0 atom stereocenters. The topological polar surface area (TPSA) is 86.5 Å². The smallest absolute Gasteiger partial charge is 0.252 e. The van der Waals surface area contributed by atoms with E-state index < -0.39 is 15.7 Å². The fourth-order valence-electron chi connectivity index (χ4n) is 1.29. The first-order valence-corrected chi connectivity index (χ1v) is 7.46. The van der Waals surface area contributed by atoms with Gasteiger partial charge in [0, 0.05) is 3.57 Å². The van der Waals surface area contributed by atoms with Gasteiger partial charge >= 0.3 is 0 Å². The molecule has 1 aromatic rings. The van der Waals surface area contributed by atoms with Crippen molar-refractivity contribution in [3.05, 3.63) is 21.3 Å². The Balaban J connectivity index is 3.56. The molecular weight excluding hydrogens is 357 g/mol. The molecule has 1 rings (SSSR count). The van der Waals surface area contributed by atoms with Crippen molar-refractivity contribution in [2.75, 3.05) is 12.9 Å². The molecule has 0 aromatic heterocycles. The van der Waals surface area contributed by atoms with Crippen molar-refractivity contribution < 1.29 is 17.9 Å². The van der Waals surface area contributed by atoms with Crippen molar-refractivity contribution in [1.29, 1.82) is 0 Å². The van der Waals surface area contributed by atoms with Gasteiger partial charge in [0.2, 0.25) is 0 Å². The lowest BCUT2D eigenvalue weighted by Gasteiger charge is -2.10. The number of nitrogens with two attached hydrogens (primary N) is 1. The molecule has 0 heterocycles. The second kappa shape index (κ2) is 5.21. The molecule has 1 amide bonds. The number of halogens is 1. The lowest BCUT2D eigenvalue weighted by Crippen LogP contribution is -2.15. The van der Waals surface area contributed by atoms with E-state index in [0.717, 1.165) is 0 Å². The molecule has 2 N–H and O–H groups in total. The number of methoxy groups -OCH3 is 1. The van der Waals surface area contributed by atoms with E-state index in [2.05, 4.69) is 0 Å². The molecular formula is C10H12INO4S. The van der Waals surface area contributed by atoms with Crippen LogP contribution in [0.5, 0.6) is 5.75 Å². The maximum atomic E-state index is 11.8. The van der Waals surface area contributed by atoms with Crippen LogP contribution in [-0.2, 0) is 9.84 Å². The number of amides is 1. The van der Waals surface area contributed by atoms with Gasteiger partial charge in [0.05, 0.1) is 23.3 Å². The number of carbonyl (C=O) groups excluding carboxylic acids is 1. The van der Waals surface area contributed by atoms with Gasteiger partial charge in [-0.15, -0.1) is 0 Å². The molecule has 7 heteroatoms. The van der Waals surface area contributed by atoms with E-state index in [1.165, 1.54) is 19.2 Å². The third kappa shape index (κ3) is 2.89. The number of hydrogen-bond donors (Lipinski definition) is 1.